The molecule has 0 saturated carbocycles. The summed E-state index contributed by atoms with van der Waals surface area (Å²) in [6.07, 6.45) is 2.37. The minimum Gasteiger partial charge on any atom is -0.475 e. The Labute approximate surface area is 158 Å². The maximum atomic E-state index is 11.3. The van der Waals surface area contributed by atoms with Crippen LogP contribution in [0.3, 0.4) is 0 Å². The van der Waals surface area contributed by atoms with Crippen LogP contribution < -0.4 is 10.1 Å². The van der Waals surface area contributed by atoms with E-state index < -0.39 is 10.9 Å². The molecule has 1 aromatic rings. The monoisotopic (exact) mass is 385 g/mol. The van der Waals surface area contributed by atoms with Crippen molar-refractivity contribution in [2.24, 2.45) is 5.41 Å². The summed E-state index contributed by atoms with van der Waals surface area (Å²) in [6, 6.07) is 4.90. The van der Waals surface area contributed by atoms with E-state index in [1.165, 1.54) is 26.0 Å². The molecule has 1 aromatic carbocycles. The second kappa shape index (κ2) is 8.66. The highest BCUT2D eigenvalue weighted by molar-refractivity contribution is 5.85. The summed E-state index contributed by atoms with van der Waals surface area (Å²) in [4.78, 5) is 24.3. The number of halogens is 1. The minimum atomic E-state index is -0.578. The lowest BCUT2D eigenvalue weighted by atomic mass is 9.86. The second-order valence-electron chi connectivity index (χ2n) is 6.81. The van der Waals surface area contributed by atoms with Crippen LogP contribution in [0.4, 0.5) is 5.69 Å². The summed E-state index contributed by atoms with van der Waals surface area (Å²) < 4.78 is 9.70. The topological polar surface area (TPSA) is 93.9 Å². The van der Waals surface area contributed by atoms with Crippen LogP contribution in [0.5, 0.6) is 5.75 Å². The molecule has 0 aromatic heterocycles. The van der Waals surface area contributed by atoms with Crippen LogP contribution >= 0.6 is 12.4 Å². The van der Waals surface area contributed by atoms with Crippen LogP contribution in [0.2, 0.25) is 0 Å². The summed E-state index contributed by atoms with van der Waals surface area (Å²) in [6.45, 7) is 4.50. The lowest BCUT2D eigenvalue weighted by molar-refractivity contribution is -0.385. The number of likely N-dealkylation sites (tertiary alicyclic amines) is 1. The zero-order chi connectivity index (χ0) is 17.9. The second-order valence-corrected chi connectivity index (χ2v) is 6.81. The molecule has 0 bridgehead atoms. The molecule has 2 heterocycles. The van der Waals surface area contributed by atoms with Crippen LogP contribution in [-0.2, 0) is 16.1 Å². The van der Waals surface area contributed by atoms with Gasteiger partial charge in [-0.05, 0) is 43.0 Å². The molecule has 0 radical (unpaired) electrons. The van der Waals surface area contributed by atoms with Gasteiger partial charge in [0, 0.05) is 25.7 Å². The highest BCUT2D eigenvalue weighted by Crippen LogP contribution is 2.37. The summed E-state index contributed by atoms with van der Waals surface area (Å²) >= 11 is 0. The number of nitrogens with one attached hydrogen (secondary N) is 1. The first kappa shape index (κ1) is 20.4. The number of hydrogen-bond donors (Lipinski definition) is 1. The summed E-state index contributed by atoms with van der Waals surface area (Å²) in [5.74, 6) is -0.497. The van der Waals surface area contributed by atoms with E-state index in [-0.39, 0.29) is 30.5 Å². The number of nitro benzene ring substituents is 1. The first-order valence-corrected chi connectivity index (χ1v) is 8.41. The number of rotatable bonds is 6. The van der Waals surface area contributed by atoms with Gasteiger partial charge in [-0.2, -0.15) is 0 Å². The van der Waals surface area contributed by atoms with E-state index in [0.717, 1.165) is 31.7 Å². The summed E-state index contributed by atoms with van der Waals surface area (Å²) in [7, 11) is 1.24. The Hall–Kier alpha value is -1.90. The SMILES string of the molecule is COC(=O)COc1ccc(CN2CCC3(CCNC3)C2)cc1[N+](=O)[O-].Cl. The van der Waals surface area contributed by atoms with E-state index in [2.05, 4.69) is 15.0 Å². The maximum Gasteiger partial charge on any atom is 0.343 e. The van der Waals surface area contributed by atoms with Gasteiger partial charge in [-0.25, -0.2) is 4.79 Å². The van der Waals surface area contributed by atoms with Crippen LogP contribution in [0, 0.1) is 15.5 Å². The predicted octanol–water partition coefficient (Wildman–Crippen LogP) is 1.75. The zero-order valence-corrected chi connectivity index (χ0v) is 15.5. The van der Waals surface area contributed by atoms with Gasteiger partial charge in [-0.1, -0.05) is 6.07 Å². The molecular formula is C17H24ClN3O5. The Morgan fingerprint density at radius 2 is 2.23 bits per heavy atom. The molecule has 2 saturated heterocycles. The standard InChI is InChI=1S/C17H23N3O5.ClH/c1-24-16(21)10-25-15-3-2-13(8-14(15)20(22)23)9-19-7-5-17(12-19)4-6-18-11-17;/h2-3,8,18H,4-7,9-12H2,1H3;1H. The Kier molecular flexibility index (Phi) is 6.80. The lowest BCUT2D eigenvalue weighted by Gasteiger charge is -2.22. The molecule has 0 amide bonds. The Morgan fingerprint density at radius 3 is 2.88 bits per heavy atom. The summed E-state index contributed by atoms with van der Waals surface area (Å²) in [5, 5.41) is 14.7. The van der Waals surface area contributed by atoms with E-state index in [1.807, 2.05) is 6.07 Å². The van der Waals surface area contributed by atoms with E-state index in [4.69, 9.17) is 4.74 Å². The van der Waals surface area contributed by atoms with E-state index in [9.17, 15) is 14.9 Å². The van der Waals surface area contributed by atoms with Crippen molar-refractivity contribution in [1.82, 2.24) is 10.2 Å². The number of carbonyl (C=O) groups is 1. The van der Waals surface area contributed by atoms with Crippen LogP contribution in [0.15, 0.2) is 18.2 Å². The van der Waals surface area contributed by atoms with Crippen molar-refractivity contribution in [3.05, 3.63) is 33.9 Å². The molecule has 1 atom stereocenters. The molecule has 1 unspecified atom stereocenters. The lowest BCUT2D eigenvalue weighted by Crippen LogP contribution is -2.28. The third kappa shape index (κ3) is 4.63. The molecule has 2 fully saturated rings. The number of hydrogen-bond acceptors (Lipinski definition) is 7. The van der Waals surface area contributed by atoms with Crippen LogP contribution in [0.1, 0.15) is 18.4 Å². The molecule has 2 aliphatic rings. The molecular weight excluding hydrogens is 362 g/mol. The largest absolute Gasteiger partial charge is 0.475 e. The third-order valence-electron chi connectivity index (χ3n) is 5.05. The fourth-order valence-electron chi connectivity index (χ4n) is 3.69. The quantitative estimate of drug-likeness (QED) is 0.453. The highest BCUT2D eigenvalue weighted by atomic mass is 35.5. The average Bonchev–Trinajstić information content (AvgIpc) is 3.23. The van der Waals surface area contributed by atoms with Gasteiger partial charge in [-0.3, -0.25) is 15.0 Å². The molecule has 3 rings (SSSR count). The number of esters is 1. The molecule has 144 valence electrons. The van der Waals surface area contributed by atoms with Crippen molar-refractivity contribution in [1.29, 1.82) is 0 Å². The van der Waals surface area contributed by atoms with Gasteiger partial charge in [-0.15, -0.1) is 12.4 Å². The number of carbonyl (C=O) groups excluding carboxylic acids is 1. The third-order valence-corrected chi connectivity index (χ3v) is 5.05. The first-order chi connectivity index (χ1) is 12.0. The molecule has 1 N–H and O–H groups in total. The predicted molar refractivity (Wildman–Crippen MR) is 97.7 cm³/mol. The van der Waals surface area contributed by atoms with E-state index in [1.54, 1.807) is 6.07 Å². The van der Waals surface area contributed by atoms with Crippen molar-refractivity contribution >= 4 is 24.1 Å². The van der Waals surface area contributed by atoms with Gasteiger partial charge in [0.25, 0.3) is 0 Å². The van der Waals surface area contributed by atoms with Crippen molar-refractivity contribution in [2.45, 2.75) is 19.4 Å². The van der Waals surface area contributed by atoms with Crippen molar-refractivity contribution in [3.63, 3.8) is 0 Å². The highest BCUT2D eigenvalue weighted by Gasteiger charge is 2.40. The van der Waals surface area contributed by atoms with Gasteiger partial charge in [0.05, 0.1) is 12.0 Å². The van der Waals surface area contributed by atoms with Gasteiger partial charge in [0.15, 0.2) is 12.4 Å². The maximum absolute atomic E-state index is 11.3. The van der Waals surface area contributed by atoms with Crippen LogP contribution in [-0.4, -0.2) is 55.7 Å². The summed E-state index contributed by atoms with van der Waals surface area (Å²) in [5.41, 5.74) is 1.12. The molecule has 1 spiro atoms. The van der Waals surface area contributed by atoms with E-state index >= 15 is 0 Å². The number of nitrogens with zero attached hydrogens (tertiary/aromatic N) is 2. The Morgan fingerprint density at radius 1 is 1.42 bits per heavy atom. The molecule has 9 heteroatoms. The molecule has 8 nitrogen and oxygen atoms in total. The Balaban J connectivity index is 0.00000243. The normalized spacial score (nSPS) is 22.2. The number of ether oxygens (including phenoxy) is 2. The molecule has 2 aliphatic heterocycles. The molecule has 0 aliphatic carbocycles. The number of benzene rings is 1. The minimum absolute atomic E-state index is 0. The average molecular weight is 386 g/mol. The van der Waals surface area contributed by atoms with Crippen LogP contribution in [0.25, 0.3) is 0 Å². The number of nitro groups is 1. The fraction of sp³-hybridized carbons (Fsp3) is 0.588. The fourth-order valence-corrected chi connectivity index (χ4v) is 3.69. The molecule has 26 heavy (non-hydrogen) atoms. The zero-order valence-electron chi connectivity index (χ0n) is 14.7. The van der Waals surface area contributed by atoms with Gasteiger partial charge in [0.1, 0.15) is 0 Å². The van der Waals surface area contributed by atoms with Crippen molar-refractivity contribution < 1.29 is 19.2 Å². The first-order valence-electron chi connectivity index (χ1n) is 8.41. The Bertz CT molecular complexity index is 664. The smallest absolute Gasteiger partial charge is 0.343 e. The van der Waals surface area contributed by atoms with E-state index in [0.29, 0.717) is 12.0 Å². The van der Waals surface area contributed by atoms with Gasteiger partial charge in [0.2, 0.25) is 0 Å². The van der Waals surface area contributed by atoms with Crippen molar-refractivity contribution in [3.8, 4) is 5.75 Å². The van der Waals surface area contributed by atoms with Gasteiger partial charge >= 0.3 is 11.7 Å². The number of methoxy groups -OCH3 is 1. The van der Waals surface area contributed by atoms with Crippen molar-refractivity contribution in [2.75, 3.05) is 39.9 Å². The van der Waals surface area contributed by atoms with Gasteiger partial charge < -0.3 is 14.8 Å².